The fraction of sp³-hybridized carbons (Fsp3) is 0.538. The molecule has 1 heterocycles. The summed E-state index contributed by atoms with van der Waals surface area (Å²) < 4.78 is 0. The third-order valence-corrected chi connectivity index (χ3v) is 6.14. The van der Waals surface area contributed by atoms with Crippen molar-refractivity contribution in [3.63, 3.8) is 0 Å². The summed E-state index contributed by atoms with van der Waals surface area (Å²) in [6.07, 6.45) is 3.36. The van der Waals surface area contributed by atoms with E-state index in [0.717, 1.165) is 17.7 Å². The Kier molecular flexibility index (Phi) is 5.53. The van der Waals surface area contributed by atoms with Crippen LogP contribution in [0.1, 0.15) is 78.0 Å². The summed E-state index contributed by atoms with van der Waals surface area (Å²) in [6, 6.07) is 16.1. The van der Waals surface area contributed by atoms with Gasteiger partial charge in [-0.3, -0.25) is 0 Å². The smallest absolute Gasteiger partial charge is 0.142 e. The van der Waals surface area contributed by atoms with Crippen LogP contribution in [-0.4, -0.2) is 17.2 Å². The van der Waals surface area contributed by atoms with Crippen molar-refractivity contribution >= 4 is 5.69 Å². The van der Waals surface area contributed by atoms with E-state index in [2.05, 4.69) is 95.8 Å². The van der Waals surface area contributed by atoms with Crippen LogP contribution in [0.4, 0.5) is 5.69 Å². The second-order valence-corrected chi connectivity index (χ2v) is 10.6. The van der Waals surface area contributed by atoms with Crippen LogP contribution in [0.2, 0.25) is 0 Å². The molecule has 1 aliphatic heterocycles. The molecule has 1 aliphatic rings. The van der Waals surface area contributed by atoms with Crippen LogP contribution in [0.15, 0.2) is 42.5 Å². The third kappa shape index (κ3) is 4.21. The third-order valence-electron chi connectivity index (χ3n) is 6.14. The van der Waals surface area contributed by atoms with Gasteiger partial charge in [-0.1, -0.05) is 77.9 Å². The average Bonchev–Trinajstić information content (AvgIpc) is 2.94. The number of aromatic hydroxyl groups is 1. The Labute approximate surface area is 171 Å². The van der Waals surface area contributed by atoms with E-state index in [-0.39, 0.29) is 10.8 Å². The van der Waals surface area contributed by atoms with Crippen molar-refractivity contribution < 1.29 is 5.11 Å². The van der Waals surface area contributed by atoms with Crippen LogP contribution in [0, 0.1) is 0 Å². The van der Waals surface area contributed by atoms with Gasteiger partial charge in [-0.05, 0) is 54.2 Å². The van der Waals surface area contributed by atoms with E-state index in [1.54, 1.807) is 0 Å². The van der Waals surface area contributed by atoms with Crippen LogP contribution >= 0.6 is 0 Å². The summed E-state index contributed by atoms with van der Waals surface area (Å²) in [5.74, 6) is 0.465. The molecule has 28 heavy (non-hydrogen) atoms. The first-order chi connectivity index (χ1) is 13.0. The number of benzene rings is 2. The molecule has 3 rings (SSSR count). The zero-order valence-electron chi connectivity index (χ0n) is 18.7. The van der Waals surface area contributed by atoms with Crippen LogP contribution in [0.25, 0.3) is 0 Å². The topological polar surface area (TPSA) is 23.5 Å². The Morgan fingerprint density at radius 1 is 0.929 bits per heavy atom. The normalized spacial score (nSPS) is 20.6. The molecule has 0 bridgehead atoms. The van der Waals surface area contributed by atoms with Gasteiger partial charge < -0.3 is 10.0 Å². The predicted octanol–water partition coefficient (Wildman–Crippen LogP) is 6.59. The van der Waals surface area contributed by atoms with E-state index in [0.29, 0.717) is 17.8 Å². The molecule has 0 radical (unpaired) electrons. The number of hydrogen-bond acceptors (Lipinski definition) is 2. The summed E-state index contributed by atoms with van der Waals surface area (Å²) in [7, 11) is 0. The molecule has 0 aliphatic carbocycles. The molecule has 1 N–H and O–H groups in total. The number of hydrogen-bond donors (Lipinski definition) is 1. The van der Waals surface area contributed by atoms with Gasteiger partial charge in [0.2, 0.25) is 0 Å². The van der Waals surface area contributed by atoms with E-state index < -0.39 is 0 Å². The minimum absolute atomic E-state index is 0.0420. The largest absolute Gasteiger partial charge is 0.505 e. The van der Waals surface area contributed by atoms with Crippen LogP contribution in [-0.2, 0) is 17.3 Å². The van der Waals surface area contributed by atoms with E-state index in [1.165, 1.54) is 24.0 Å². The summed E-state index contributed by atoms with van der Waals surface area (Å²) >= 11 is 0. The van der Waals surface area contributed by atoms with E-state index >= 15 is 0 Å². The van der Waals surface area contributed by atoms with Gasteiger partial charge in [0, 0.05) is 17.6 Å². The lowest BCUT2D eigenvalue weighted by atomic mass is 9.79. The molecule has 0 aromatic heterocycles. The Bertz CT molecular complexity index is 811. The summed E-state index contributed by atoms with van der Waals surface area (Å²) in [4.78, 5) is 2.49. The lowest BCUT2D eigenvalue weighted by Gasteiger charge is -2.35. The highest BCUT2D eigenvalue weighted by Gasteiger charge is 2.35. The Morgan fingerprint density at radius 3 is 2.14 bits per heavy atom. The zero-order chi connectivity index (χ0) is 20.7. The van der Waals surface area contributed by atoms with Gasteiger partial charge in [0.25, 0.3) is 0 Å². The highest BCUT2D eigenvalue weighted by molar-refractivity contribution is 5.66. The fourth-order valence-corrected chi connectivity index (χ4v) is 4.41. The number of nitrogens with zero attached hydrogens (tertiary/aromatic N) is 1. The SMILES string of the molecule is C[C@@H]1CC[C@H](Cc2ccccc2)N1c1cc(C(C)(C)C)cc(C(C)(C)C)c1O. The first-order valence-corrected chi connectivity index (χ1v) is 10.7. The van der Waals surface area contributed by atoms with Gasteiger partial charge in [-0.15, -0.1) is 0 Å². The quantitative estimate of drug-likeness (QED) is 0.650. The van der Waals surface area contributed by atoms with Gasteiger partial charge in [0.15, 0.2) is 0 Å². The van der Waals surface area contributed by atoms with Gasteiger partial charge in [-0.2, -0.15) is 0 Å². The minimum Gasteiger partial charge on any atom is -0.505 e. The number of rotatable bonds is 3. The van der Waals surface area contributed by atoms with Crippen LogP contribution in [0.3, 0.4) is 0 Å². The van der Waals surface area contributed by atoms with Crippen molar-refractivity contribution in [2.45, 2.75) is 90.6 Å². The van der Waals surface area contributed by atoms with E-state index in [1.807, 2.05) is 0 Å². The molecule has 2 nitrogen and oxygen atoms in total. The maximum absolute atomic E-state index is 11.3. The number of phenolic OH excluding ortho intramolecular Hbond substituents is 1. The standard InChI is InChI=1S/C26H37NO/c1-18-13-14-21(15-19-11-9-8-10-12-19)27(18)23-17-20(25(2,3)4)16-22(24(23)28)26(5,6)7/h8-12,16-18,21,28H,13-15H2,1-7H3/t18-,21-/m1/s1. The van der Waals surface area contributed by atoms with Crippen molar-refractivity contribution in [1.82, 2.24) is 0 Å². The van der Waals surface area contributed by atoms with Crippen molar-refractivity contribution in [2.75, 3.05) is 4.90 Å². The second kappa shape index (κ2) is 7.46. The molecule has 0 unspecified atom stereocenters. The Balaban J connectivity index is 2.09. The molecule has 1 saturated heterocycles. The molecule has 2 heteroatoms. The molecule has 0 spiro atoms. The lowest BCUT2D eigenvalue weighted by molar-refractivity contribution is 0.441. The average molecular weight is 380 g/mol. The van der Waals surface area contributed by atoms with Gasteiger partial charge in [-0.25, -0.2) is 0 Å². The molecule has 2 atom stereocenters. The second-order valence-electron chi connectivity index (χ2n) is 10.6. The molecular formula is C26H37NO. The van der Waals surface area contributed by atoms with Crippen LogP contribution in [0.5, 0.6) is 5.75 Å². The van der Waals surface area contributed by atoms with Crippen LogP contribution < -0.4 is 4.90 Å². The first-order valence-electron chi connectivity index (χ1n) is 10.7. The molecule has 0 saturated carbocycles. The monoisotopic (exact) mass is 379 g/mol. The maximum atomic E-state index is 11.3. The number of phenols is 1. The zero-order valence-corrected chi connectivity index (χ0v) is 18.7. The lowest BCUT2D eigenvalue weighted by Crippen LogP contribution is -2.36. The van der Waals surface area contributed by atoms with Gasteiger partial charge >= 0.3 is 0 Å². The Hall–Kier alpha value is -1.96. The van der Waals surface area contributed by atoms with E-state index in [9.17, 15) is 5.11 Å². The molecule has 1 fully saturated rings. The van der Waals surface area contributed by atoms with Crippen molar-refractivity contribution in [1.29, 1.82) is 0 Å². The molecular weight excluding hydrogens is 342 g/mol. The van der Waals surface area contributed by atoms with Crippen molar-refractivity contribution in [3.05, 3.63) is 59.2 Å². The van der Waals surface area contributed by atoms with Crippen molar-refractivity contribution in [3.8, 4) is 5.75 Å². The highest BCUT2D eigenvalue weighted by Crippen LogP contribution is 2.45. The highest BCUT2D eigenvalue weighted by atomic mass is 16.3. The maximum Gasteiger partial charge on any atom is 0.142 e. The summed E-state index contributed by atoms with van der Waals surface area (Å²) in [6.45, 7) is 15.6. The fourth-order valence-electron chi connectivity index (χ4n) is 4.41. The summed E-state index contributed by atoms with van der Waals surface area (Å²) in [5.41, 5.74) is 4.67. The molecule has 2 aromatic carbocycles. The molecule has 152 valence electrons. The molecule has 2 aromatic rings. The van der Waals surface area contributed by atoms with E-state index in [4.69, 9.17) is 0 Å². The predicted molar refractivity (Wildman–Crippen MR) is 121 cm³/mol. The number of anilines is 1. The van der Waals surface area contributed by atoms with Gasteiger partial charge in [0.1, 0.15) is 5.75 Å². The first kappa shape index (κ1) is 20.8. The molecule has 0 amide bonds. The minimum atomic E-state index is -0.0992. The Morgan fingerprint density at radius 2 is 1.57 bits per heavy atom. The van der Waals surface area contributed by atoms with Gasteiger partial charge in [0.05, 0.1) is 5.69 Å². The summed E-state index contributed by atoms with van der Waals surface area (Å²) in [5, 5.41) is 11.3. The van der Waals surface area contributed by atoms with Crippen molar-refractivity contribution in [2.24, 2.45) is 0 Å².